The van der Waals surface area contributed by atoms with Crippen LogP contribution in [-0.4, -0.2) is 43.0 Å². The van der Waals surface area contributed by atoms with Gasteiger partial charge in [0.25, 0.3) is 0 Å². The van der Waals surface area contributed by atoms with Gasteiger partial charge in [-0.2, -0.15) is 0 Å². The van der Waals surface area contributed by atoms with E-state index in [2.05, 4.69) is 18.7 Å². The van der Waals surface area contributed by atoms with Gasteiger partial charge in [0.1, 0.15) is 5.78 Å². The second-order valence-electron chi connectivity index (χ2n) is 3.82. The van der Waals surface area contributed by atoms with Gasteiger partial charge in [0.15, 0.2) is 0 Å². The van der Waals surface area contributed by atoms with Gasteiger partial charge in [-0.3, -0.25) is 9.69 Å². The van der Waals surface area contributed by atoms with Crippen LogP contribution in [-0.2, 0) is 9.53 Å². The second-order valence-corrected chi connectivity index (χ2v) is 3.82. The highest BCUT2D eigenvalue weighted by molar-refractivity contribution is 5.83. The highest BCUT2D eigenvalue weighted by Gasteiger charge is 2.21. The van der Waals surface area contributed by atoms with Crippen molar-refractivity contribution in [2.75, 3.05) is 20.3 Å². The van der Waals surface area contributed by atoms with Crippen LogP contribution in [0, 0.1) is 0 Å². The molecule has 3 nitrogen and oxygen atoms in total. The van der Waals surface area contributed by atoms with Gasteiger partial charge < -0.3 is 4.74 Å². The van der Waals surface area contributed by atoms with Crippen molar-refractivity contribution in [3.8, 4) is 0 Å². The normalized spacial score (nSPS) is 13.6. The van der Waals surface area contributed by atoms with Gasteiger partial charge in [0.2, 0.25) is 0 Å². The Morgan fingerprint density at radius 1 is 1.36 bits per heavy atom. The third-order valence-electron chi connectivity index (χ3n) is 2.53. The van der Waals surface area contributed by atoms with Crippen LogP contribution >= 0.6 is 0 Å². The molecule has 0 amide bonds. The first-order chi connectivity index (χ1) is 6.54. The molecule has 0 radical (unpaired) electrons. The summed E-state index contributed by atoms with van der Waals surface area (Å²) in [7, 11) is 1.69. The number of carbonyl (C=O) groups excluding carboxylic acids is 1. The van der Waals surface area contributed by atoms with Crippen LogP contribution < -0.4 is 0 Å². The van der Waals surface area contributed by atoms with E-state index in [1.807, 2.05) is 13.8 Å². The molecule has 0 fully saturated rings. The molecule has 0 aromatic heterocycles. The number of Topliss-reactive ketones (excluding diaryl/α,β-unsaturated/α-hetero) is 1. The Morgan fingerprint density at radius 2 is 1.93 bits per heavy atom. The maximum absolute atomic E-state index is 11.5. The van der Waals surface area contributed by atoms with E-state index in [9.17, 15) is 4.79 Å². The molecule has 0 bridgehead atoms. The number of hydrogen-bond acceptors (Lipinski definition) is 3. The molecule has 1 unspecified atom stereocenters. The van der Waals surface area contributed by atoms with E-state index in [1.165, 1.54) is 0 Å². The summed E-state index contributed by atoms with van der Waals surface area (Å²) in [6.45, 7) is 9.60. The fourth-order valence-corrected chi connectivity index (χ4v) is 1.58. The summed E-state index contributed by atoms with van der Waals surface area (Å²) in [5.41, 5.74) is 0. The zero-order chi connectivity index (χ0) is 11.1. The average Bonchev–Trinajstić information content (AvgIpc) is 2.16. The van der Waals surface area contributed by atoms with Gasteiger partial charge in [-0.05, 0) is 20.8 Å². The SMILES string of the molecule is CCC(=O)C(C)N(CCOC)C(C)C. The smallest absolute Gasteiger partial charge is 0.149 e. The lowest BCUT2D eigenvalue weighted by atomic mass is 10.1. The van der Waals surface area contributed by atoms with Gasteiger partial charge in [-0.1, -0.05) is 6.92 Å². The lowest BCUT2D eigenvalue weighted by Crippen LogP contribution is -2.44. The molecule has 0 rings (SSSR count). The Balaban J connectivity index is 4.25. The maximum atomic E-state index is 11.5. The number of methoxy groups -OCH3 is 1. The minimum absolute atomic E-state index is 0.00940. The summed E-state index contributed by atoms with van der Waals surface area (Å²) in [6, 6.07) is 0.394. The molecule has 3 heteroatoms. The minimum Gasteiger partial charge on any atom is -0.383 e. The topological polar surface area (TPSA) is 29.5 Å². The van der Waals surface area contributed by atoms with E-state index in [4.69, 9.17) is 4.74 Å². The molecule has 0 saturated heterocycles. The number of hydrogen-bond donors (Lipinski definition) is 0. The summed E-state index contributed by atoms with van der Waals surface area (Å²) in [5, 5.41) is 0. The number of ketones is 1. The molecule has 0 saturated carbocycles. The molecule has 0 aliphatic heterocycles. The van der Waals surface area contributed by atoms with Crippen molar-refractivity contribution >= 4 is 5.78 Å². The van der Waals surface area contributed by atoms with E-state index < -0.39 is 0 Å². The monoisotopic (exact) mass is 201 g/mol. The summed E-state index contributed by atoms with van der Waals surface area (Å²) >= 11 is 0. The first-order valence-electron chi connectivity index (χ1n) is 5.32. The van der Waals surface area contributed by atoms with Crippen molar-refractivity contribution in [2.45, 2.75) is 46.2 Å². The molecule has 0 N–H and O–H groups in total. The fourth-order valence-electron chi connectivity index (χ4n) is 1.58. The summed E-state index contributed by atoms with van der Waals surface area (Å²) < 4.78 is 5.03. The van der Waals surface area contributed by atoms with Crippen LogP contribution in [0.3, 0.4) is 0 Å². The van der Waals surface area contributed by atoms with Crippen LogP contribution in [0.5, 0.6) is 0 Å². The zero-order valence-electron chi connectivity index (χ0n) is 10.0. The fraction of sp³-hybridized carbons (Fsp3) is 0.909. The summed E-state index contributed by atoms with van der Waals surface area (Å²) in [6.07, 6.45) is 0.609. The summed E-state index contributed by atoms with van der Waals surface area (Å²) in [5.74, 6) is 0.301. The lowest BCUT2D eigenvalue weighted by Gasteiger charge is -2.31. The highest BCUT2D eigenvalue weighted by Crippen LogP contribution is 2.07. The molecular weight excluding hydrogens is 178 g/mol. The third kappa shape index (κ3) is 4.20. The van der Waals surface area contributed by atoms with Gasteiger partial charge in [0.05, 0.1) is 12.6 Å². The minimum atomic E-state index is 0.00940. The largest absolute Gasteiger partial charge is 0.383 e. The van der Waals surface area contributed by atoms with Gasteiger partial charge in [-0.15, -0.1) is 0 Å². The number of ether oxygens (including phenoxy) is 1. The van der Waals surface area contributed by atoms with Crippen LogP contribution in [0.25, 0.3) is 0 Å². The molecule has 0 aliphatic carbocycles. The molecule has 84 valence electrons. The Kier molecular flexibility index (Phi) is 6.75. The first-order valence-corrected chi connectivity index (χ1v) is 5.32. The number of carbonyl (C=O) groups is 1. The van der Waals surface area contributed by atoms with Gasteiger partial charge >= 0.3 is 0 Å². The predicted octanol–water partition coefficient (Wildman–Crippen LogP) is 1.71. The van der Waals surface area contributed by atoms with Crippen molar-refractivity contribution in [2.24, 2.45) is 0 Å². The maximum Gasteiger partial charge on any atom is 0.149 e. The Morgan fingerprint density at radius 3 is 2.29 bits per heavy atom. The van der Waals surface area contributed by atoms with Crippen molar-refractivity contribution < 1.29 is 9.53 Å². The van der Waals surface area contributed by atoms with E-state index >= 15 is 0 Å². The Hall–Kier alpha value is -0.410. The highest BCUT2D eigenvalue weighted by atomic mass is 16.5. The van der Waals surface area contributed by atoms with Gasteiger partial charge in [-0.25, -0.2) is 0 Å². The lowest BCUT2D eigenvalue weighted by molar-refractivity contribution is -0.124. The Bertz CT molecular complexity index is 169. The van der Waals surface area contributed by atoms with Crippen molar-refractivity contribution in [3.63, 3.8) is 0 Å². The quantitative estimate of drug-likeness (QED) is 0.628. The van der Waals surface area contributed by atoms with E-state index in [-0.39, 0.29) is 6.04 Å². The van der Waals surface area contributed by atoms with Crippen molar-refractivity contribution in [3.05, 3.63) is 0 Å². The molecule has 14 heavy (non-hydrogen) atoms. The van der Waals surface area contributed by atoms with Crippen LogP contribution in [0.4, 0.5) is 0 Å². The molecule has 1 atom stereocenters. The van der Waals surface area contributed by atoms with Crippen molar-refractivity contribution in [1.82, 2.24) is 4.90 Å². The van der Waals surface area contributed by atoms with Gasteiger partial charge in [0, 0.05) is 26.1 Å². The standard InChI is InChI=1S/C11H23NO2/c1-6-11(13)10(4)12(9(2)3)7-8-14-5/h9-10H,6-8H2,1-5H3. The van der Waals surface area contributed by atoms with E-state index in [0.717, 1.165) is 6.54 Å². The van der Waals surface area contributed by atoms with Crippen molar-refractivity contribution in [1.29, 1.82) is 0 Å². The predicted molar refractivity (Wildman–Crippen MR) is 58.5 cm³/mol. The first kappa shape index (κ1) is 13.6. The summed E-state index contributed by atoms with van der Waals surface area (Å²) in [4.78, 5) is 13.7. The second kappa shape index (κ2) is 6.96. The zero-order valence-corrected chi connectivity index (χ0v) is 10.0. The molecular formula is C11H23NO2. The number of nitrogens with zero attached hydrogens (tertiary/aromatic N) is 1. The molecule has 0 aliphatic rings. The number of rotatable bonds is 7. The van der Waals surface area contributed by atoms with Crippen LogP contribution in [0.15, 0.2) is 0 Å². The molecule has 0 aromatic rings. The van der Waals surface area contributed by atoms with E-state index in [0.29, 0.717) is 24.9 Å². The molecule has 0 heterocycles. The van der Waals surface area contributed by atoms with Crippen LogP contribution in [0.1, 0.15) is 34.1 Å². The Labute approximate surface area is 87.4 Å². The molecule has 0 aromatic carbocycles. The molecule has 0 spiro atoms. The average molecular weight is 201 g/mol. The third-order valence-corrected chi connectivity index (χ3v) is 2.53. The van der Waals surface area contributed by atoms with Crippen LogP contribution in [0.2, 0.25) is 0 Å². The van der Waals surface area contributed by atoms with E-state index in [1.54, 1.807) is 7.11 Å².